The topological polar surface area (TPSA) is 67.2 Å². The highest BCUT2D eigenvalue weighted by molar-refractivity contribution is 5.95. The van der Waals surface area contributed by atoms with E-state index in [0.29, 0.717) is 36.9 Å². The molecule has 160 valence electrons. The molecule has 0 N–H and O–H groups in total. The number of carbonyl (C=O) groups excluding carboxylic acids is 2. The molecule has 1 amide bonds. The van der Waals surface area contributed by atoms with Crippen molar-refractivity contribution >= 4 is 17.5 Å². The lowest BCUT2D eigenvalue weighted by molar-refractivity contribution is -0.151. The van der Waals surface area contributed by atoms with Gasteiger partial charge in [0, 0.05) is 56.8 Å². The number of likely N-dealkylation sites (tertiary alicyclic amines) is 2. The van der Waals surface area contributed by atoms with Gasteiger partial charge in [-0.1, -0.05) is 13.8 Å². The Labute approximate surface area is 177 Å². The summed E-state index contributed by atoms with van der Waals surface area (Å²) >= 11 is 0. The van der Waals surface area contributed by atoms with Gasteiger partial charge in [0.2, 0.25) is 0 Å². The van der Waals surface area contributed by atoms with Gasteiger partial charge < -0.3 is 14.0 Å². The average molecular weight is 411 g/mol. The van der Waals surface area contributed by atoms with Crippen molar-refractivity contribution in [3.63, 3.8) is 0 Å². The third-order valence-corrected chi connectivity index (χ3v) is 7.20. The monoisotopic (exact) mass is 410 g/mol. The third kappa shape index (κ3) is 3.49. The van der Waals surface area contributed by atoms with Crippen LogP contribution in [0.5, 0.6) is 0 Å². The summed E-state index contributed by atoms with van der Waals surface area (Å²) in [7, 11) is 0. The van der Waals surface area contributed by atoms with Crippen molar-refractivity contribution in [1.82, 2.24) is 19.2 Å². The van der Waals surface area contributed by atoms with Gasteiger partial charge in [-0.25, -0.2) is 4.98 Å². The molecule has 0 aliphatic carbocycles. The molecule has 0 aromatic carbocycles. The number of rotatable bonds is 3. The van der Waals surface area contributed by atoms with E-state index in [1.807, 2.05) is 33.8 Å². The molecule has 3 fully saturated rings. The number of carbonyl (C=O) groups is 2. The zero-order chi connectivity index (χ0) is 20.9. The van der Waals surface area contributed by atoms with Crippen LogP contribution in [0, 0.1) is 10.8 Å². The predicted octanol–water partition coefficient (Wildman–Crippen LogP) is 2.60. The van der Waals surface area contributed by atoms with Crippen LogP contribution in [0.1, 0.15) is 49.9 Å². The fourth-order valence-corrected chi connectivity index (χ4v) is 5.38. The van der Waals surface area contributed by atoms with E-state index in [0.717, 1.165) is 31.7 Å². The number of hydrogen-bond acceptors (Lipinski definition) is 5. The van der Waals surface area contributed by atoms with Gasteiger partial charge in [0.25, 0.3) is 5.91 Å². The molecule has 3 aliphatic heterocycles. The number of amides is 1. The first-order valence-electron chi connectivity index (χ1n) is 11.0. The predicted molar refractivity (Wildman–Crippen MR) is 112 cm³/mol. The highest BCUT2D eigenvalue weighted by atomic mass is 16.6. The Hall–Kier alpha value is -2.41. The van der Waals surface area contributed by atoms with E-state index in [-0.39, 0.29) is 18.0 Å². The molecular weight excluding hydrogens is 380 g/mol. The number of aromatic nitrogens is 2. The van der Waals surface area contributed by atoms with Gasteiger partial charge in [-0.3, -0.25) is 14.5 Å². The first kappa shape index (κ1) is 19.5. The van der Waals surface area contributed by atoms with Gasteiger partial charge in [0.1, 0.15) is 11.8 Å². The van der Waals surface area contributed by atoms with Gasteiger partial charge in [0.05, 0.1) is 5.41 Å². The molecule has 5 rings (SSSR count). The van der Waals surface area contributed by atoms with Crippen LogP contribution in [-0.4, -0.2) is 69.9 Å². The standard InChI is InChI=1S/C23H30N4O3/c1-22(2)4-9-25(16-22)15-18-14-23(21(29)30-18)5-10-27(11-6-23)20(28)17-3-8-26-12-7-24-19(26)13-17/h3,7-8,12-13,18H,4-6,9-11,14-16H2,1-2H3. The normalized spacial score (nSPS) is 25.9. The Bertz CT molecular complexity index is 974. The van der Waals surface area contributed by atoms with Gasteiger partial charge in [-0.05, 0) is 43.4 Å². The van der Waals surface area contributed by atoms with Crippen molar-refractivity contribution in [2.24, 2.45) is 10.8 Å². The highest BCUT2D eigenvalue weighted by Crippen LogP contribution is 2.44. The summed E-state index contributed by atoms with van der Waals surface area (Å²) in [6, 6.07) is 3.66. The lowest BCUT2D eigenvalue weighted by atomic mass is 9.76. The largest absolute Gasteiger partial charge is 0.461 e. The van der Waals surface area contributed by atoms with E-state index < -0.39 is 5.41 Å². The van der Waals surface area contributed by atoms with Crippen LogP contribution >= 0.6 is 0 Å². The summed E-state index contributed by atoms with van der Waals surface area (Å²) in [5.41, 5.74) is 1.35. The van der Waals surface area contributed by atoms with Crippen molar-refractivity contribution in [3.05, 3.63) is 36.3 Å². The van der Waals surface area contributed by atoms with E-state index in [9.17, 15) is 9.59 Å². The number of imidazole rings is 1. The molecule has 3 aliphatic rings. The Kier molecular flexibility index (Phi) is 4.61. The minimum atomic E-state index is -0.413. The van der Waals surface area contributed by atoms with E-state index >= 15 is 0 Å². The van der Waals surface area contributed by atoms with E-state index in [2.05, 4.69) is 23.7 Å². The Morgan fingerprint density at radius 3 is 2.73 bits per heavy atom. The van der Waals surface area contributed by atoms with Crippen molar-refractivity contribution < 1.29 is 14.3 Å². The molecule has 0 saturated carbocycles. The van der Waals surface area contributed by atoms with Crippen molar-refractivity contribution in [1.29, 1.82) is 0 Å². The fourth-order valence-electron chi connectivity index (χ4n) is 5.38. The summed E-state index contributed by atoms with van der Waals surface area (Å²) in [4.78, 5) is 34.3. The minimum Gasteiger partial charge on any atom is -0.461 e. The van der Waals surface area contributed by atoms with Crippen LogP contribution in [0.2, 0.25) is 0 Å². The Balaban J connectivity index is 1.20. The van der Waals surface area contributed by atoms with Gasteiger partial charge >= 0.3 is 5.97 Å². The van der Waals surface area contributed by atoms with E-state index in [1.165, 1.54) is 6.42 Å². The lowest BCUT2D eigenvalue weighted by Crippen LogP contribution is -2.45. The van der Waals surface area contributed by atoms with Crippen LogP contribution in [0.15, 0.2) is 30.7 Å². The smallest absolute Gasteiger partial charge is 0.312 e. The maximum Gasteiger partial charge on any atom is 0.312 e. The molecule has 7 heteroatoms. The summed E-state index contributed by atoms with van der Waals surface area (Å²) in [5.74, 6) is -0.0468. The van der Waals surface area contributed by atoms with Crippen LogP contribution in [0.4, 0.5) is 0 Å². The quantitative estimate of drug-likeness (QED) is 0.728. The zero-order valence-corrected chi connectivity index (χ0v) is 17.8. The van der Waals surface area contributed by atoms with Crippen molar-refractivity contribution in [3.8, 4) is 0 Å². The fraction of sp³-hybridized carbons (Fsp3) is 0.609. The minimum absolute atomic E-state index is 0.0116. The molecule has 1 spiro atoms. The lowest BCUT2D eigenvalue weighted by Gasteiger charge is -2.36. The van der Waals surface area contributed by atoms with E-state index in [1.54, 1.807) is 6.20 Å². The number of fused-ring (bicyclic) bond motifs is 1. The second kappa shape index (κ2) is 7.08. The Morgan fingerprint density at radius 1 is 1.20 bits per heavy atom. The number of pyridine rings is 1. The third-order valence-electron chi connectivity index (χ3n) is 7.20. The molecule has 3 saturated heterocycles. The number of ether oxygens (including phenoxy) is 1. The zero-order valence-electron chi connectivity index (χ0n) is 17.8. The van der Waals surface area contributed by atoms with Gasteiger partial charge in [-0.2, -0.15) is 0 Å². The molecule has 1 atom stereocenters. The number of piperidine rings is 1. The van der Waals surface area contributed by atoms with Gasteiger partial charge in [0.15, 0.2) is 0 Å². The molecule has 30 heavy (non-hydrogen) atoms. The molecule has 7 nitrogen and oxygen atoms in total. The SMILES string of the molecule is CC1(C)CCN(CC2CC3(CCN(C(=O)c4ccn5ccnc5c4)CC3)C(=O)O2)C1. The number of cyclic esters (lactones) is 1. The first-order chi connectivity index (χ1) is 14.3. The van der Waals surface area contributed by atoms with Crippen LogP contribution in [0.25, 0.3) is 5.65 Å². The van der Waals surface area contributed by atoms with Gasteiger partial charge in [-0.15, -0.1) is 0 Å². The molecule has 0 radical (unpaired) electrons. The average Bonchev–Trinajstić information content (AvgIpc) is 3.39. The van der Waals surface area contributed by atoms with Crippen molar-refractivity contribution in [2.75, 3.05) is 32.7 Å². The highest BCUT2D eigenvalue weighted by Gasteiger charge is 2.51. The number of nitrogens with zero attached hydrogens (tertiary/aromatic N) is 4. The Morgan fingerprint density at radius 2 is 2.00 bits per heavy atom. The summed E-state index contributed by atoms with van der Waals surface area (Å²) in [6.45, 7) is 8.77. The second-order valence-corrected chi connectivity index (χ2v) is 10.1. The number of esters is 1. The van der Waals surface area contributed by atoms with Crippen LogP contribution < -0.4 is 0 Å². The summed E-state index contributed by atoms with van der Waals surface area (Å²) in [5, 5.41) is 0. The molecule has 2 aromatic rings. The second-order valence-electron chi connectivity index (χ2n) is 10.1. The molecule has 0 bridgehead atoms. The maximum atomic E-state index is 13.0. The van der Waals surface area contributed by atoms with Crippen LogP contribution in [-0.2, 0) is 9.53 Å². The first-order valence-corrected chi connectivity index (χ1v) is 11.0. The van der Waals surface area contributed by atoms with E-state index in [4.69, 9.17) is 4.74 Å². The van der Waals surface area contributed by atoms with Crippen molar-refractivity contribution in [2.45, 2.75) is 45.6 Å². The number of hydrogen-bond donors (Lipinski definition) is 0. The summed E-state index contributed by atoms with van der Waals surface area (Å²) < 4.78 is 7.70. The van der Waals surface area contributed by atoms with Crippen LogP contribution in [0.3, 0.4) is 0 Å². The molecule has 1 unspecified atom stereocenters. The summed E-state index contributed by atoms with van der Waals surface area (Å²) in [6.07, 6.45) is 8.77. The molecule has 5 heterocycles. The molecular formula is C23H30N4O3. The molecule has 2 aromatic heterocycles. The maximum absolute atomic E-state index is 13.0.